The normalized spacial score (nSPS) is 19.2. The van der Waals surface area contributed by atoms with Crippen molar-refractivity contribution in [2.75, 3.05) is 26.7 Å². The third-order valence-corrected chi connectivity index (χ3v) is 4.10. The molecule has 21 heavy (non-hydrogen) atoms. The Morgan fingerprint density at radius 2 is 2.38 bits per heavy atom. The Bertz CT molecular complexity index is 652. The van der Waals surface area contributed by atoms with Gasteiger partial charge in [0, 0.05) is 19.2 Å². The molecule has 0 radical (unpaired) electrons. The number of likely N-dealkylation sites (tertiary alicyclic amines) is 1. The van der Waals surface area contributed by atoms with Crippen molar-refractivity contribution >= 4 is 11.6 Å². The highest BCUT2D eigenvalue weighted by atomic mass is 16.5. The predicted molar refractivity (Wildman–Crippen MR) is 78.3 cm³/mol. The van der Waals surface area contributed by atoms with Crippen molar-refractivity contribution in [2.24, 2.45) is 5.92 Å². The van der Waals surface area contributed by atoms with Crippen LogP contribution in [0.15, 0.2) is 18.3 Å². The third kappa shape index (κ3) is 2.76. The van der Waals surface area contributed by atoms with Gasteiger partial charge in [0.05, 0.1) is 7.11 Å². The predicted octanol–water partition coefficient (Wildman–Crippen LogP) is 1.40. The highest BCUT2D eigenvalue weighted by Gasteiger charge is 2.23. The van der Waals surface area contributed by atoms with Crippen LogP contribution in [0.3, 0.4) is 0 Å². The van der Waals surface area contributed by atoms with Crippen molar-refractivity contribution in [2.45, 2.75) is 19.8 Å². The van der Waals surface area contributed by atoms with Crippen molar-refractivity contribution in [3.05, 3.63) is 29.7 Å². The molecule has 112 valence electrons. The number of ether oxygens (including phenoxy) is 1. The molecule has 1 saturated heterocycles. The first-order chi connectivity index (χ1) is 10.2. The van der Waals surface area contributed by atoms with Crippen molar-refractivity contribution in [1.29, 1.82) is 0 Å². The Labute approximate surface area is 123 Å². The molecule has 1 atom stereocenters. The van der Waals surface area contributed by atoms with E-state index in [-0.39, 0.29) is 5.97 Å². The molecular formula is C15H20N4O2. The Hall–Kier alpha value is -1.95. The number of esters is 1. The zero-order chi connectivity index (χ0) is 14.8. The summed E-state index contributed by atoms with van der Waals surface area (Å²) in [6.07, 6.45) is 3.86. The Balaban J connectivity index is 1.83. The molecule has 0 N–H and O–H groups in total. The summed E-state index contributed by atoms with van der Waals surface area (Å²) in [4.78, 5) is 18.7. The lowest BCUT2D eigenvalue weighted by atomic mass is 10.1. The standard InChI is InChI=1S/C15H20N4O2/c1-3-18-8-6-11(10-18)9-13-16-14-12(15(20)21-2)5-4-7-19(14)17-13/h4-5,7,11H,3,6,8-10H2,1-2H3. The fourth-order valence-corrected chi connectivity index (χ4v) is 2.93. The van der Waals surface area contributed by atoms with E-state index in [1.165, 1.54) is 13.5 Å². The zero-order valence-electron chi connectivity index (χ0n) is 12.5. The van der Waals surface area contributed by atoms with Gasteiger partial charge in [-0.25, -0.2) is 14.3 Å². The summed E-state index contributed by atoms with van der Waals surface area (Å²) in [6.45, 7) is 5.55. The molecule has 2 aromatic rings. The molecule has 0 aromatic carbocycles. The van der Waals surface area contributed by atoms with E-state index >= 15 is 0 Å². The lowest BCUT2D eigenvalue weighted by Crippen LogP contribution is -2.20. The minimum atomic E-state index is -0.377. The van der Waals surface area contributed by atoms with Gasteiger partial charge in [0.1, 0.15) is 5.56 Å². The van der Waals surface area contributed by atoms with Gasteiger partial charge in [-0.05, 0) is 37.6 Å². The van der Waals surface area contributed by atoms with Crippen LogP contribution in [0.25, 0.3) is 5.65 Å². The average molecular weight is 288 g/mol. The molecule has 0 bridgehead atoms. The number of fused-ring (bicyclic) bond motifs is 1. The second-order valence-corrected chi connectivity index (χ2v) is 5.46. The monoisotopic (exact) mass is 288 g/mol. The van der Waals surface area contributed by atoms with Gasteiger partial charge < -0.3 is 9.64 Å². The first-order valence-electron chi connectivity index (χ1n) is 7.36. The molecule has 0 spiro atoms. The molecule has 3 rings (SSSR count). The molecule has 1 aliphatic rings. The Morgan fingerprint density at radius 1 is 1.52 bits per heavy atom. The highest BCUT2D eigenvalue weighted by molar-refractivity contribution is 5.95. The zero-order valence-corrected chi connectivity index (χ0v) is 12.5. The molecule has 3 heterocycles. The maximum atomic E-state index is 11.8. The SMILES string of the molecule is CCN1CCC(Cc2nc3c(C(=O)OC)cccn3n2)C1. The lowest BCUT2D eigenvalue weighted by molar-refractivity contribution is 0.0602. The van der Waals surface area contributed by atoms with Gasteiger partial charge in [0.2, 0.25) is 0 Å². The topological polar surface area (TPSA) is 59.7 Å². The first-order valence-corrected chi connectivity index (χ1v) is 7.36. The molecule has 6 nitrogen and oxygen atoms in total. The number of methoxy groups -OCH3 is 1. The van der Waals surface area contributed by atoms with E-state index in [4.69, 9.17) is 4.74 Å². The van der Waals surface area contributed by atoms with Gasteiger partial charge in [-0.3, -0.25) is 0 Å². The summed E-state index contributed by atoms with van der Waals surface area (Å²) in [5, 5.41) is 4.48. The van der Waals surface area contributed by atoms with Crippen LogP contribution in [-0.4, -0.2) is 52.2 Å². The summed E-state index contributed by atoms with van der Waals surface area (Å²) in [5.74, 6) is 1.02. The molecule has 2 aromatic heterocycles. The number of hydrogen-bond donors (Lipinski definition) is 0. The highest BCUT2D eigenvalue weighted by Crippen LogP contribution is 2.20. The summed E-state index contributed by atoms with van der Waals surface area (Å²) >= 11 is 0. The van der Waals surface area contributed by atoms with Crippen LogP contribution < -0.4 is 0 Å². The van der Waals surface area contributed by atoms with E-state index < -0.39 is 0 Å². The second kappa shape index (κ2) is 5.81. The van der Waals surface area contributed by atoms with E-state index in [1.54, 1.807) is 16.6 Å². The van der Waals surface area contributed by atoms with Crippen molar-refractivity contribution in [1.82, 2.24) is 19.5 Å². The van der Waals surface area contributed by atoms with Crippen molar-refractivity contribution < 1.29 is 9.53 Å². The molecule has 6 heteroatoms. The number of aromatic nitrogens is 3. The van der Waals surface area contributed by atoms with Gasteiger partial charge in [0.25, 0.3) is 0 Å². The van der Waals surface area contributed by atoms with E-state index in [0.29, 0.717) is 17.1 Å². The van der Waals surface area contributed by atoms with Gasteiger partial charge in [-0.15, -0.1) is 0 Å². The van der Waals surface area contributed by atoms with E-state index in [1.807, 2.05) is 6.20 Å². The minimum absolute atomic E-state index is 0.377. The number of carbonyl (C=O) groups is 1. The van der Waals surface area contributed by atoms with E-state index in [9.17, 15) is 4.79 Å². The van der Waals surface area contributed by atoms with Gasteiger partial charge in [-0.2, -0.15) is 5.10 Å². The van der Waals surface area contributed by atoms with Gasteiger partial charge >= 0.3 is 5.97 Å². The molecule has 0 saturated carbocycles. The van der Waals surface area contributed by atoms with Crippen LogP contribution >= 0.6 is 0 Å². The molecule has 0 aliphatic carbocycles. The van der Waals surface area contributed by atoms with Crippen LogP contribution in [0.4, 0.5) is 0 Å². The van der Waals surface area contributed by atoms with Crippen LogP contribution in [0, 0.1) is 5.92 Å². The molecule has 1 aliphatic heterocycles. The number of nitrogens with zero attached hydrogens (tertiary/aromatic N) is 4. The molecule has 0 amide bonds. The molecule has 1 fully saturated rings. The quantitative estimate of drug-likeness (QED) is 0.796. The molecule has 1 unspecified atom stereocenters. The van der Waals surface area contributed by atoms with E-state index in [2.05, 4.69) is 21.9 Å². The van der Waals surface area contributed by atoms with Crippen LogP contribution in [0.2, 0.25) is 0 Å². The van der Waals surface area contributed by atoms with Crippen molar-refractivity contribution in [3.63, 3.8) is 0 Å². The van der Waals surface area contributed by atoms with Gasteiger partial charge in [-0.1, -0.05) is 6.92 Å². The number of hydrogen-bond acceptors (Lipinski definition) is 5. The summed E-state index contributed by atoms with van der Waals surface area (Å²) < 4.78 is 6.45. The van der Waals surface area contributed by atoms with Crippen LogP contribution in [0.1, 0.15) is 29.5 Å². The summed E-state index contributed by atoms with van der Waals surface area (Å²) in [5.41, 5.74) is 1.03. The second-order valence-electron chi connectivity index (χ2n) is 5.46. The van der Waals surface area contributed by atoms with Crippen LogP contribution in [0.5, 0.6) is 0 Å². The lowest BCUT2D eigenvalue weighted by Gasteiger charge is -2.11. The number of rotatable bonds is 4. The Morgan fingerprint density at radius 3 is 3.10 bits per heavy atom. The van der Waals surface area contributed by atoms with Crippen molar-refractivity contribution in [3.8, 4) is 0 Å². The smallest absolute Gasteiger partial charge is 0.341 e. The van der Waals surface area contributed by atoms with Gasteiger partial charge in [0.15, 0.2) is 11.5 Å². The van der Waals surface area contributed by atoms with E-state index in [0.717, 1.165) is 31.9 Å². The maximum absolute atomic E-state index is 11.8. The largest absolute Gasteiger partial charge is 0.465 e. The Kier molecular flexibility index (Phi) is 3.88. The maximum Gasteiger partial charge on any atom is 0.341 e. The average Bonchev–Trinajstić information content (AvgIpc) is 3.12. The minimum Gasteiger partial charge on any atom is -0.465 e. The third-order valence-electron chi connectivity index (χ3n) is 4.10. The fourth-order valence-electron chi connectivity index (χ4n) is 2.93. The molecular weight excluding hydrogens is 268 g/mol. The van der Waals surface area contributed by atoms with Crippen LogP contribution in [-0.2, 0) is 11.2 Å². The summed E-state index contributed by atoms with van der Waals surface area (Å²) in [7, 11) is 1.38. The number of carbonyl (C=O) groups excluding carboxylic acids is 1. The number of pyridine rings is 1. The summed E-state index contributed by atoms with van der Waals surface area (Å²) in [6, 6.07) is 3.50. The first kappa shape index (κ1) is 14.0. The fraction of sp³-hybridized carbons (Fsp3) is 0.533.